The van der Waals surface area contributed by atoms with E-state index in [4.69, 9.17) is 17.3 Å². The van der Waals surface area contributed by atoms with Crippen LogP contribution in [0, 0.1) is 0 Å². The Labute approximate surface area is 135 Å². The van der Waals surface area contributed by atoms with Gasteiger partial charge in [-0.05, 0) is 50.7 Å². The first-order chi connectivity index (χ1) is 9.61. The van der Waals surface area contributed by atoms with E-state index in [1.165, 1.54) is 25.9 Å². The fraction of sp³-hybridized carbons (Fsp3) is 0.600. The predicted molar refractivity (Wildman–Crippen MR) is 89.3 cm³/mol. The molecule has 1 heterocycles. The van der Waals surface area contributed by atoms with Gasteiger partial charge in [-0.1, -0.05) is 33.6 Å². The maximum Gasteiger partial charge on any atom is 0.0482 e. The Balaban J connectivity index is 1.98. The van der Waals surface area contributed by atoms with Gasteiger partial charge < -0.3 is 10.6 Å². The summed E-state index contributed by atoms with van der Waals surface area (Å²) in [4.78, 5) is 4.83. The third-order valence-electron chi connectivity index (χ3n) is 4.04. The summed E-state index contributed by atoms with van der Waals surface area (Å²) in [5.74, 6) is 0. The molecule has 1 fully saturated rings. The van der Waals surface area contributed by atoms with E-state index in [0.717, 1.165) is 28.1 Å². The molecule has 1 aromatic rings. The highest BCUT2D eigenvalue weighted by molar-refractivity contribution is 9.10. The van der Waals surface area contributed by atoms with E-state index < -0.39 is 0 Å². The van der Waals surface area contributed by atoms with E-state index >= 15 is 0 Å². The van der Waals surface area contributed by atoms with Gasteiger partial charge in [-0.3, -0.25) is 4.90 Å². The van der Waals surface area contributed by atoms with Crippen molar-refractivity contribution in [3.63, 3.8) is 0 Å². The molecule has 1 aliphatic rings. The highest BCUT2D eigenvalue weighted by Gasteiger charge is 2.19. The van der Waals surface area contributed by atoms with E-state index in [1.54, 1.807) is 0 Å². The second-order valence-electron chi connectivity index (χ2n) is 5.45. The summed E-state index contributed by atoms with van der Waals surface area (Å²) in [5, 5.41) is 0.780. The smallest absolute Gasteiger partial charge is 0.0482 e. The summed E-state index contributed by atoms with van der Waals surface area (Å²) >= 11 is 9.80. The number of nitrogens with zero attached hydrogens (tertiary/aromatic N) is 2. The van der Waals surface area contributed by atoms with Gasteiger partial charge >= 0.3 is 0 Å². The first kappa shape index (κ1) is 16.2. The molecule has 20 heavy (non-hydrogen) atoms. The van der Waals surface area contributed by atoms with Gasteiger partial charge in [0.1, 0.15) is 0 Å². The number of likely N-dealkylation sites (tertiary alicyclic amines) is 1. The van der Waals surface area contributed by atoms with Crippen LogP contribution in [0.15, 0.2) is 22.7 Å². The van der Waals surface area contributed by atoms with Crippen molar-refractivity contribution in [2.45, 2.75) is 18.9 Å². The molecule has 1 unspecified atom stereocenters. The largest absolute Gasteiger partial charge is 0.329 e. The van der Waals surface area contributed by atoms with Crippen LogP contribution in [-0.4, -0.2) is 49.6 Å². The van der Waals surface area contributed by atoms with E-state index in [-0.39, 0.29) is 6.04 Å². The van der Waals surface area contributed by atoms with Gasteiger partial charge in [0.25, 0.3) is 0 Å². The molecule has 1 saturated heterocycles. The minimum Gasteiger partial charge on any atom is -0.329 e. The number of likely N-dealkylation sites (N-methyl/N-ethyl adjacent to an activating group) is 1. The third-order valence-corrected chi connectivity index (χ3v) is 4.87. The Morgan fingerprint density at radius 2 is 2.10 bits per heavy atom. The zero-order valence-electron chi connectivity index (χ0n) is 12.0. The Hall–Kier alpha value is -0.130. The highest BCUT2D eigenvalue weighted by atomic mass is 79.9. The van der Waals surface area contributed by atoms with Crippen LogP contribution in [-0.2, 0) is 0 Å². The Morgan fingerprint density at radius 3 is 2.70 bits per heavy atom. The fourth-order valence-corrected chi connectivity index (χ4v) is 3.58. The lowest BCUT2D eigenvalue weighted by Crippen LogP contribution is -2.36. The summed E-state index contributed by atoms with van der Waals surface area (Å²) in [5.41, 5.74) is 7.08. The summed E-state index contributed by atoms with van der Waals surface area (Å²) in [6, 6.07) is 6.21. The maximum absolute atomic E-state index is 6.35. The first-order valence-corrected chi connectivity index (χ1v) is 8.36. The van der Waals surface area contributed by atoms with Crippen molar-refractivity contribution in [3.05, 3.63) is 33.3 Å². The van der Waals surface area contributed by atoms with Crippen LogP contribution in [0.3, 0.4) is 0 Å². The first-order valence-electron chi connectivity index (χ1n) is 7.19. The Kier molecular flexibility index (Phi) is 6.30. The Bertz CT molecular complexity index is 435. The average molecular weight is 361 g/mol. The van der Waals surface area contributed by atoms with E-state index in [2.05, 4.69) is 38.8 Å². The summed E-state index contributed by atoms with van der Waals surface area (Å²) in [6.07, 6.45) is 2.67. The fourth-order valence-electron chi connectivity index (χ4n) is 2.78. The molecule has 0 radical (unpaired) electrons. The zero-order chi connectivity index (χ0) is 14.5. The topological polar surface area (TPSA) is 32.5 Å². The van der Waals surface area contributed by atoms with Gasteiger partial charge in [0.15, 0.2) is 0 Å². The van der Waals surface area contributed by atoms with Crippen LogP contribution in [0.1, 0.15) is 24.4 Å². The molecule has 0 aliphatic carbocycles. The monoisotopic (exact) mass is 359 g/mol. The summed E-state index contributed by atoms with van der Waals surface area (Å²) < 4.78 is 1.00. The van der Waals surface area contributed by atoms with Crippen LogP contribution in [0.5, 0.6) is 0 Å². The van der Waals surface area contributed by atoms with Crippen molar-refractivity contribution in [2.24, 2.45) is 5.73 Å². The van der Waals surface area contributed by atoms with E-state index in [1.807, 2.05) is 12.1 Å². The molecular formula is C15H23BrClN3. The molecule has 3 nitrogen and oxygen atoms in total. The van der Waals surface area contributed by atoms with Crippen LogP contribution in [0.4, 0.5) is 0 Å². The molecule has 0 spiro atoms. The van der Waals surface area contributed by atoms with Crippen molar-refractivity contribution >= 4 is 27.5 Å². The van der Waals surface area contributed by atoms with E-state index in [0.29, 0.717) is 6.54 Å². The lowest BCUT2D eigenvalue weighted by atomic mass is 10.1. The number of hydrogen-bond acceptors (Lipinski definition) is 3. The molecule has 0 aromatic heterocycles. The van der Waals surface area contributed by atoms with Crippen LogP contribution in [0.25, 0.3) is 0 Å². The molecule has 5 heteroatoms. The number of rotatable bonds is 6. The standard InChI is InChI=1S/C15H23BrClN3/c1-19(8-9-20-6-2-3-7-20)15(11-18)13-5-4-12(16)10-14(13)17/h4-5,10,15H,2-3,6-9,11,18H2,1H3. The van der Waals surface area contributed by atoms with Crippen molar-refractivity contribution < 1.29 is 0 Å². The SMILES string of the molecule is CN(CCN1CCCC1)C(CN)c1ccc(Br)cc1Cl. The van der Waals surface area contributed by atoms with Gasteiger partial charge in [0, 0.05) is 35.2 Å². The molecule has 1 atom stereocenters. The van der Waals surface area contributed by atoms with Gasteiger partial charge in [-0.25, -0.2) is 0 Å². The van der Waals surface area contributed by atoms with Crippen molar-refractivity contribution in [2.75, 3.05) is 39.8 Å². The molecule has 1 aliphatic heterocycles. The van der Waals surface area contributed by atoms with Gasteiger partial charge in [-0.15, -0.1) is 0 Å². The third kappa shape index (κ3) is 4.18. The molecule has 1 aromatic carbocycles. The van der Waals surface area contributed by atoms with Gasteiger partial charge in [0.2, 0.25) is 0 Å². The number of benzene rings is 1. The molecule has 0 saturated carbocycles. The molecule has 0 bridgehead atoms. The van der Waals surface area contributed by atoms with Gasteiger partial charge in [0.05, 0.1) is 0 Å². The van der Waals surface area contributed by atoms with Crippen LogP contribution in [0.2, 0.25) is 5.02 Å². The molecule has 0 amide bonds. The minimum absolute atomic E-state index is 0.179. The molecule has 112 valence electrons. The number of hydrogen-bond donors (Lipinski definition) is 1. The lowest BCUT2D eigenvalue weighted by Gasteiger charge is -2.29. The van der Waals surface area contributed by atoms with Crippen molar-refractivity contribution in [1.29, 1.82) is 0 Å². The molecule has 2 N–H and O–H groups in total. The van der Waals surface area contributed by atoms with Crippen LogP contribution >= 0.6 is 27.5 Å². The van der Waals surface area contributed by atoms with Crippen molar-refractivity contribution in [1.82, 2.24) is 9.80 Å². The van der Waals surface area contributed by atoms with E-state index in [9.17, 15) is 0 Å². The number of nitrogens with two attached hydrogens (primary N) is 1. The van der Waals surface area contributed by atoms with Crippen molar-refractivity contribution in [3.8, 4) is 0 Å². The number of halogens is 2. The van der Waals surface area contributed by atoms with Gasteiger partial charge in [-0.2, -0.15) is 0 Å². The Morgan fingerprint density at radius 1 is 1.40 bits per heavy atom. The maximum atomic E-state index is 6.35. The summed E-state index contributed by atoms with van der Waals surface area (Å²) in [6.45, 7) is 5.19. The quantitative estimate of drug-likeness (QED) is 0.846. The summed E-state index contributed by atoms with van der Waals surface area (Å²) in [7, 11) is 2.13. The second kappa shape index (κ2) is 7.76. The zero-order valence-corrected chi connectivity index (χ0v) is 14.3. The highest BCUT2D eigenvalue weighted by Crippen LogP contribution is 2.29. The van der Waals surface area contributed by atoms with Crippen LogP contribution < -0.4 is 5.73 Å². The second-order valence-corrected chi connectivity index (χ2v) is 6.77. The molecular weight excluding hydrogens is 338 g/mol. The normalized spacial score (nSPS) is 17.9. The minimum atomic E-state index is 0.179. The molecule has 2 rings (SSSR count). The lowest BCUT2D eigenvalue weighted by molar-refractivity contribution is 0.209. The average Bonchev–Trinajstić information content (AvgIpc) is 2.93. The predicted octanol–water partition coefficient (Wildman–Crippen LogP) is 3.13.